The summed E-state index contributed by atoms with van der Waals surface area (Å²) in [7, 11) is 0. The van der Waals surface area contributed by atoms with Crippen molar-refractivity contribution in [2.45, 2.75) is 16.6 Å². The van der Waals surface area contributed by atoms with Gasteiger partial charge in [-0.1, -0.05) is 36.0 Å². The van der Waals surface area contributed by atoms with E-state index in [2.05, 4.69) is 15.3 Å². The van der Waals surface area contributed by atoms with E-state index in [1.165, 1.54) is 11.8 Å². The van der Waals surface area contributed by atoms with Crippen LogP contribution in [0, 0.1) is 0 Å². The van der Waals surface area contributed by atoms with Gasteiger partial charge in [-0.15, -0.1) is 11.8 Å². The lowest BCUT2D eigenvalue weighted by molar-refractivity contribution is -0.113. The SMILES string of the molecule is CSc1cccc(NC(=O)CSc2nc3ccccc3c(=O)n2Cc2cccnc2)c1. The molecule has 0 spiro atoms. The summed E-state index contributed by atoms with van der Waals surface area (Å²) in [6, 6.07) is 18.7. The van der Waals surface area contributed by atoms with Crippen molar-refractivity contribution in [3.05, 3.63) is 89.0 Å². The smallest absolute Gasteiger partial charge is 0.262 e. The molecule has 0 aliphatic heterocycles. The number of para-hydroxylation sites is 1. The van der Waals surface area contributed by atoms with E-state index in [0.717, 1.165) is 16.1 Å². The molecule has 0 aliphatic carbocycles. The standard InChI is InChI=1S/C23H20N4O2S2/c1-30-18-8-4-7-17(12-18)25-21(28)15-31-23-26-20-10-3-2-9-19(20)22(29)27(23)14-16-6-5-11-24-13-16/h2-13H,14-15H2,1H3,(H,25,28). The van der Waals surface area contributed by atoms with E-state index >= 15 is 0 Å². The minimum atomic E-state index is -0.154. The number of amides is 1. The fourth-order valence-corrected chi connectivity index (χ4v) is 4.36. The molecular weight excluding hydrogens is 428 g/mol. The maximum absolute atomic E-state index is 13.1. The molecule has 0 bridgehead atoms. The molecule has 1 N–H and O–H groups in total. The zero-order chi connectivity index (χ0) is 21.6. The minimum Gasteiger partial charge on any atom is -0.325 e. The van der Waals surface area contributed by atoms with Crippen LogP contribution in [0.2, 0.25) is 0 Å². The molecule has 31 heavy (non-hydrogen) atoms. The summed E-state index contributed by atoms with van der Waals surface area (Å²) in [6.45, 7) is 0.338. The monoisotopic (exact) mass is 448 g/mol. The van der Waals surface area contributed by atoms with Crippen molar-refractivity contribution in [1.29, 1.82) is 0 Å². The molecular formula is C23H20N4O2S2. The Labute approximate surface area is 188 Å². The Balaban J connectivity index is 1.59. The predicted octanol–water partition coefficient (Wildman–Crippen LogP) is 4.29. The molecule has 0 radical (unpaired) electrons. The Morgan fingerprint density at radius 2 is 1.97 bits per heavy atom. The Hall–Kier alpha value is -3.10. The van der Waals surface area contributed by atoms with Crippen molar-refractivity contribution in [3.63, 3.8) is 0 Å². The van der Waals surface area contributed by atoms with Gasteiger partial charge >= 0.3 is 0 Å². The number of pyridine rings is 1. The summed E-state index contributed by atoms with van der Waals surface area (Å²) >= 11 is 2.86. The van der Waals surface area contributed by atoms with Gasteiger partial charge in [0.2, 0.25) is 5.91 Å². The van der Waals surface area contributed by atoms with Gasteiger partial charge in [0.1, 0.15) is 0 Å². The van der Waals surface area contributed by atoms with Crippen molar-refractivity contribution >= 4 is 46.0 Å². The van der Waals surface area contributed by atoms with E-state index < -0.39 is 0 Å². The Morgan fingerprint density at radius 3 is 2.77 bits per heavy atom. The lowest BCUT2D eigenvalue weighted by atomic mass is 10.2. The summed E-state index contributed by atoms with van der Waals surface area (Å²) in [6.07, 6.45) is 5.40. The number of nitrogens with zero attached hydrogens (tertiary/aromatic N) is 3. The third kappa shape index (κ3) is 5.15. The van der Waals surface area contributed by atoms with Gasteiger partial charge in [0.25, 0.3) is 5.56 Å². The van der Waals surface area contributed by atoms with Gasteiger partial charge in [0, 0.05) is 23.0 Å². The second kappa shape index (κ2) is 9.80. The summed E-state index contributed by atoms with van der Waals surface area (Å²) in [5.74, 6) is -0.0139. The molecule has 4 aromatic rings. The largest absolute Gasteiger partial charge is 0.325 e. The van der Waals surface area contributed by atoms with Crippen LogP contribution in [0.3, 0.4) is 0 Å². The Kier molecular flexibility index (Phi) is 6.69. The normalized spacial score (nSPS) is 10.9. The minimum absolute atomic E-state index is 0.134. The third-order valence-corrected chi connectivity index (χ3v) is 6.28. The first-order chi connectivity index (χ1) is 15.1. The van der Waals surface area contributed by atoms with Gasteiger partial charge in [0.05, 0.1) is 23.2 Å². The number of fused-ring (bicyclic) bond motifs is 1. The number of rotatable bonds is 7. The molecule has 8 heteroatoms. The molecule has 156 valence electrons. The zero-order valence-electron chi connectivity index (χ0n) is 16.8. The summed E-state index contributed by atoms with van der Waals surface area (Å²) < 4.78 is 1.60. The molecule has 0 fully saturated rings. The molecule has 2 aromatic heterocycles. The highest BCUT2D eigenvalue weighted by atomic mass is 32.2. The van der Waals surface area contributed by atoms with Crippen LogP contribution in [0.15, 0.2) is 87.9 Å². The van der Waals surface area contributed by atoms with Gasteiger partial charge in [-0.05, 0) is 48.2 Å². The van der Waals surface area contributed by atoms with Crippen LogP contribution in [0.4, 0.5) is 5.69 Å². The van der Waals surface area contributed by atoms with Crippen molar-refractivity contribution in [3.8, 4) is 0 Å². The predicted molar refractivity (Wildman–Crippen MR) is 127 cm³/mol. The molecule has 6 nitrogen and oxygen atoms in total. The molecule has 0 saturated carbocycles. The van der Waals surface area contributed by atoms with E-state index in [1.54, 1.807) is 34.8 Å². The number of aromatic nitrogens is 3. The zero-order valence-corrected chi connectivity index (χ0v) is 18.5. The van der Waals surface area contributed by atoms with Crippen molar-refractivity contribution in [2.75, 3.05) is 17.3 Å². The topological polar surface area (TPSA) is 76.9 Å². The molecule has 1 amide bonds. The number of carbonyl (C=O) groups excluding carboxylic acids is 1. The number of thioether (sulfide) groups is 2. The average Bonchev–Trinajstić information content (AvgIpc) is 2.80. The molecule has 2 heterocycles. The van der Waals surface area contributed by atoms with Crippen LogP contribution >= 0.6 is 23.5 Å². The average molecular weight is 449 g/mol. The van der Waals surface area contributed by atoms with Crippen LogP contribution < -0.4 is 10.9 Å². The fourth-order valence-electron chi connectivity index (χ4n) is 3.10. The fraction of sp³-hybridized carbons (Fsp3) is 0.130. The van der Waals surface area contributed by atoms with E-state index in [4.69, 9.17) is 0 Å². The molecule has 4 rings (SSSR count). The van der Waals surface area contributed by atoms with Crippen LogP contribution in [0.5, 0.6) is 0 Å². The van der Waals surface area contributed by atoms with Gasteiger partial charge in [0.15, 0.2) is 5.16 Å². The van der Waals surface area contributed by atoms with E-state index in [1.807, 2.05) is 60.9 Å². The second-order valence-corrected chi connectivity index (χ2v) is 8.56. The highest BCUT2D eigenvalue weighted by Crippen LogP contribution is 2.21. The summed E-state index contributed by atoms with van der Waals surface area (Å²) in [5.41, 5.74) is 2.12. The lowest BCUT2D eigenvalue weighted by Crippen LogP contribution is -2.25. The van der Waals surface area contributed by atoms with Gasteiger partial charge in [-0.25, -0.2) is 4.98 Å². The number of anilines is 1. The van der Waals surface area contributed by atoms with Gasteiger partial charge in [-0.3, -0.25) is 19.1 Å². The number of hydrogen-bond donors (Lipinski definition) is 1. The lowest BCUT2D eigenvalue weighted by Gasteiger charge is -2.13. The number of nitrogens with one attached hydrogen (secondary N) is 1. The third-order valence-electron chi connectivity index (χ3n) is 4.58. The highest BCUT2D eigenvalue weighted by Gasteiger charge is 2.14. The first kappa shape index (κ1) is 21.1. The maximum Gasteiger partial charge on any atom is 0.262 e. The van der Waals surface area contributed by atoms with Gasteiger partial charge < -0.3 is 5.32 Å². The molecule has 0 saturated heterocycles. The maximum atomic E-state index is 13.1. The number of carbonyl (C=O) groups is 1. The molecule has 0 atom stereocenters. The van der Waals surface area contributed by atoms with E-state index in [-0.39, 0.29) is 17.2 Å². The Bertz CT molecular complexity index is 1280. The van der Waals surface area contributed by atoms with Crippen molar-refractivity contribution in [1.82, 2.24) is 14.5 Å². The second-order valence-electron chi connectivity index (χ2n) is 6.73. The van der Waals surface area contributed by atoms with Crippen molar-refractivity contribution < 1.29 is 4.79 Å². The van der Waals surface area contributed by atoms with Gasteiger partial charge in [-0.2, -0.15) is 0 Å². The Morgan fingerprint density at radius 1 is 1.10 bits per heavy atom. The van der Waals surface area contributed by atoms with E-state index in [9.17, 15) is 9.59 Å². The molecule has 0 unspecified atom stereocenters. The quantitative estimate of drug-likeness (QED) is 0.336. The van der Waals surface area contributed by atoms with E-state index in [0.29, 0.717) is 22.6 Å². The molecule has 0 aliphatic rings. The number of hydrogen-bond acceptors (Lipinski definition) is 6. The number of benzene rings is 2. The van der Waals surface area contributed by atoms with Crippen molar-refractivity contribution in [2.24, 2.45) is 0 Å². The first-order valence-corrected chi connectivity index (χ1v) is 11.8. The van der Waals surface area contributed by atoms with Crippen LogP contribution in [0.1, 0.15) is 5.56 Å². The van der Waals surface area contributed by atoms with Crippen LogP contribution in [-0.4, -0.2) is 32.5 Å². The summed E-state index contributed by atoms with van der Waals surface area (Å²) in [4.78, 5) is 35.6. The molecule has 2 aromatic carbocycles. The highest BCUT2D eigenvalue weighted by molar-refractivity contribution is 7.99. The van der Waals surface area contributed by atoms with Crippen LogP contribution in [-0.2, 0) is 11.3 Å². The summed E-state index contributed by atoms with van der Waals surface area (Å²) in [5, 5.41) is 3.96. The first-order valence-electron chi connectivity index (χ1n) is 9.59. The van der Waals surface area contributed by atoms with Crippen LogP contribution in [0.25, 0.3) is 10.9 Å².